The van der Waals surface area contributed by atoms with Gasteiger partial charge in [-0.3, -0.25) is 4.79 Å². The van der Waals surface area contributed by atoms with E-state index in [0.29, 0.717) is 12.0 Å². The van der Waals surface area contributed by atoms with Gasteiger partial charge in [-0.15, -0.1) is 0 Å². The van der Waals surface area contributed by atoms with Crippen molar-refractivity contribution in [2.24, 2.45) is 11.7 Å². The molecule has 1 amide bonds. The molecule has 3 fully saturated rings. The van der Waals surface area contributed by atoms with Crippen molar-refractivity contribution in [2.45, 2.75) is 38.1 Å². The van der Waals surface area contributed by atoms with E-state index >= 15 is 0 Å². The number of aromatic nitrogens is 1. The molecule has 0 spiro atoms. The fourth-order valence-corrected chi connectivity index (χ4v) is 4.37. The molecule has 2 bridgehead atoms. The Morgan fingerprint density at radius 2 is 2.12 bits per heavy atom. The summed E-state index contributed by atoms with van der Waals surface area (Å²) in [5, 5.41) is 4.49. The van der Waals surface area contributed by atoms with Crippen molar-refractivity contribution in [1.82, 2.24) is 15.2 Å². The number of rotatable bonds is 6. The highest BCUT2D eigenvalue weighted by Crippen LogP contribution is 2.28. The van der Waals surface area contributed by atoms with Gasteiger partial charge in [0.25, 0.3) is 5.91 Å². The normalized spacial score (nSPS) is 25.4. The number of unbranched alkanes of at least 4 members (excludes halogenated alkanes) is 1. The minimum absolute atomic E-state index is 0.0555. The molecule has 1 unspecified atom stereocenters. The highest BCUT2D eigenvalue weighted by molar-refractivity contribution is 5.98. The number of H-pyrrole nitrogens is 1. The fraction of sp³-hybridized carbons (Fsp3) is 0.550. The molecule has 1 atom stereocenters. The first kappa shape index (κ1) is 16.6. The zero-order chi connectivity index (χ0) is 17.2. The Labute approximate surface area is 149 Å². The average Bonchev–Trinajstić information content (AvgIpc) is 3.05. The van der Waals surface area contributed by atoms with Gasteiger partial charge in [0.15, 0.2) is 0 Å². The number of fused-ring (bicyclic) bond motifs is 4. The molecule has 2 aromatic rings. The number of hydrogen-bond acceptors (Lipinski definition) is 3. The van der Waals surface area contributed by atoms with Crippen LogP contribution in [0, 0.1) is 5.92 Å². The number of nitrogens with zero attached hydrogens (tertiary/aromatic N) is 1. The van der Waals surface area contributed by atoms with Crippen LogP contribution in [0.25, 0.3) is 10.9 Å². The van der Waals surface area contributed by atoms with Crippen LogP contribution >= 0.6 is 0 Å². The number of aryl methyl sites for hydroxylation is 1. The van der Waals surface area contributed by atoms with Crippen LogP contribution < -0.4 is 11.1 Å². The van der Waals surface area contributed by atoms with E-state index in [1.807, 2.05) is 12.1 Å². The lowest BCUT2D eigenvalue weighted by Crippen LogP contribution is -2.57. The van der Waals surface area contributed by atoms with Gasteiger partial charge in [-0.25, -0.2) is 0 Å². The van der Waals surface area contributed by atoms with Gasteiger partial charge in [-0.2, -0.15) is 0 Å². The summed E-state index contributed by atoms with van der Waals surface area (Å²) < 4.78 is 0. The number of nitrogens with one attached hydrogen (secondary N) is 2. The number of benzene rings is 1. The van der Waals surface area contributed by atoms with Crippen molar-refractivity contribution in [3.8, 4) is 0 Å². The van der Waals surface area contributed by atoms with E-state index in [1.165, 1.54) is 36.9 Å². The molecule has 4 N–H and O–H groups in total. The van der Waals surface area contributed by atoms with Gasteiger partial charge in [0, 0.05) is 35.2 Å². The van der Waals surface area contributed by atoms with Crippen LogP contribution in [0.3, 0.4) is 0 Å². The zero-order valence-corrected chi connectivity index (χ0v) is 14.8. The van der Waals surface area contributed by atoms with E-state index in [-0.39, 0.29) is 5.91 Å². The highest BCUT2D eigenvalue weighted by atomic mass is 16.1. The SMILES string of the molecule is NCCCCc1c[nH]c2cc(C(=O)NC3CN4CCC3CC4)ccc12. The average molecular weight is 340 g/mol. The molecule has 0 radical (unpaired) electrons. The number of nitrogens with two attached hydrogens (primary N) is 1. The largest absolute Gasteiger partial charge is 0.361 e. The van der Waals surface area contributed by atoms with Crippen molar-refractivity contribution >= 4 is 16.8 Å². The molecule has 5 heteroatoms. The van der Waals surface area contributed by atoms with Gasteiger partial charge in [-0.05, 0) is 75.4 Å². The lowest BCUT2D eigenvalue weighted by molar-refractivity contribution is 0.0620. The number of hydrogen-bond donors (Lipinski definition) is 3. The van der Waals surface area contributed by atoms with Gasteiger partial charge in [0.2, 0.25) is 0 Å². The Bertz CT molecular complexity index is 745. The van der Waals surface area contributed by atoms with Gasteiger partial charge < -0.3 is 20.9 Å². The van der Waals surface area contributed by atoms with Crippen molar-refractivity contribution in [1.29, 1.82) is 0 Å². The lowest BCUT2D eigenvalue weighted by Gasteiger charge is -2.44. The molecule has 134 valence electrons. The molecule has 1 aromatic heterocycles. The molecule has 0 aliphatic carbocycles. The summed E-state index contributed by atoms with van der Waals surface area (Å²) in [7, 11) is 0. The smallest absolute Gasteiger partial charge is 0.251 e. The number of carbonyl (C=O) groups is 1. The van der Waals surface area contributed by atoms with Crippen LogP contribution in [0.4, 0.5) is 0 Å². The number of amides is 1. The molecular formula is C20H28N4O. The van der Waals surface area contributed by atoms with Crippen LogP contribution in [0.5, 0.6) is 0 Å². The summed E-state index contributed by atoms with van der Waals surface area (Å²) in [6, 6.07) is 6.33. The van der Waals surface area contributed by atoms with Gasteiger partial charge >= 0.3 is 0 Å². The Kier molecular flexibility index (Phi) is 4.77. The second-order valence-electron chi connectivity index (χ2n) is 7.54. The maximum Gasteiger partial charge on any atom is 0.251 e. The Balaban J connectivity index is 1.45. The first-order chi connectivity index (χ1) is 12.2. The van der Waals surface area contributed by atoms with E-state index in [2.05, 4.69) is 27.5 Å². The summed E-state index contributed by atoms with van der Waals surface area (Å²) >= 11 is 0. The minimum Gasteiger partial charge on any atom is -0.361 e. The molecule has 3 aliphatic rings. The molecule has 4 heterocycles. The Morgan fingerprint density at radius 1 is 1.28 bits per heavy atom. The predicted molar refractivity (Wildman–Crippen MR) is 101 cm³/mol. The maximum atomic E-state index is 12.7. The lowest BCUT2D eigenvalue weighted by atomic mass is 9.84. The summed E-state index contributed by atoms with van der Waals surface area (Å²) in [5.74, 6) is 0.706. The summed E-state index contributed by atoms with van der Waals surface area (Å²) in [5.41, 5.74) is 8.69. The van der Waals surface area contributed by atoms with Gasteiger partial charge in [-0.1, -0.05) is 6.07 Å². The van der Waals surface area contributed by atoms with Gasteiger partial charge in [0.05, 0.1) is 0 Å². The third-order valence-corrected chi connectivity index (χ3v) is 5.90. The van der Waals surface area contributed by atoms with Gasteiger partial charge in [0.1, 0.15) is 0 Å². The third-order valence-electron chi connectivity index (χ3n) is 5.90. The molecular weight excluding hydrogens is 312 g/mol. The molecule has 1 aromatic carbocycles. The second kappa shape index (κ2) is 7.18. The standard InChI is InChI=1S/C20H28N4O/c21-8-2-1-3-16-12-22-18-11-15(4-5-17(16)18)20(25)23-19-13-24-9-6-14(19)7-10-24/h4-5,11-12,14,19,22H,1-3,6-10,13,21H2,(H,23,25). The first-order valence-electron chi connectivity index (χ1n) is 9.58. The zero-order valence-electron chi connectivity index (χ0n) is 14.8. The molecule has 5 rings (SSSR count). The Morgan fingerprint density at radius 3 is 2.84 bits per heavy atom. The van der Waals surface area contributed by atoms with Crippen LogP contribution in [-0.4, -0.2) is 48.0 Å². The monoisotopic (exact) mass is 340 g/mol. The van der Waals surface area contributed by atoms with Crippen molar-refractivity contribution in [3.63, 3.8) is 0 Å². The van der Waals surface area contributed by atoms with Crippen LogP contribution in [0.2, 0.25) is 0 Å². The predicted octanol–water partition coefficient (Wildman–Crippen LogP) is 2.27. The highest BCUT2D eigenvalue weighted by Gasteiger charge is 2.34. The quantitative estimate of drug-likeness (QED) is 0.706. The topological polar surface area (TPSA) is 74.1 Å². The van der Waals surface area contributed by atoms with Crippen LogP contribution in [-0.2, 0) is 6.42 Å². The summed E-state index contributed by atoms with van der Waals surface area (Å²) in [6.07, 6.45) is 7.68. The number of aromatic amines is 1. The third kappa shape index (κ3) is 3.44. The molecule has 0 saturated carbocycles. The fourth-order valence-electron chi connectivity index (χ4n) is 4.37. The van der Waals surface area contributed by atoms with Crippen LogP contribution in [0.15, 0.2) is 24.4 Å². The van der Waals surface area contributed by atoms with Crippen molar-refractivity contribution in [2.75, 3.05) is 26.2 Å². The maximum absolute atomic E-state index is 12.7. The Hall–Kier alpha value is -1.85. The van der Waals surface area contributed by atoms with Crippen molar-refractivity contribution in [3.05, 3.63) is 35.5 Å². The van der Waals surface area contributed by atoms with E-state index in [1.54, 1.807) is 0 Å². The molecule has 3 saturated heterocycles. The summed E-state index contributed by atoms with van der Waals surface area (Å²) in [6.45, 7) is 4.13. The molecule has 5 nitrogen and oxygen atoms in total. The van der Waals surface area contributed by atoms with Crippen LogP contribution in [0.1, 0.15) is 41.6 Å². The van der Waals surface area contributed by atoms with E-state index in [4.69, 9.17) is 5.73 Å². The van der Waals surface area contributed by atoms with Crippen molar-refractivity contribution < 1.29 is 4.79 Å². The van der Waals surface area contributed by atoms with E-state index < -0.39 is 0 Å². The first-order valence-corrected chi connectivity index (χ1v) is 9.58. The molecule has 3 aliphatic heterocycles. The number of piperidine rings is 3. The van der Waals surface area contributed by atoms with E-state index in [0.717, 1.165) is 43.4 Å². The summed E-state index contributed by atoms with van der Waals surface area (Å²) in [4.78, 5) is 18.5. The minimum atomic E-state index is 0.0555. The second-order valence-corrected chi connectivity index (χ2v) is 7.54. The van der Waals surface area contributed by atoms with E-state index in [9.17, 15) is 4.79 Å². The number of carbonyl (C=O) groups excluding carboxylic acids is 1. The molecule has 25 heavy (non-hydrogen) atoms.